The highest BCUT2D eigenvalue weighted by Gasteiger charge is 2.67. The zero-order valence-corrected chi connectivity index (χ0v) is 22.3. The lowest BCUT2D eigenvalue weighted by atomic mass is 9.45. The lowest BCUT2D eigenvalue weighted by molar-refractivity contribution is -0.313. The zero-order valence-electron chi connectivity index (χ0n) is 22.3. The summed E-state index contributed by atoms with van der Waals surface area (Å²) >= 11 is 0. The monoisotopic (exact) mass is 534 g/mol. The molecule has 2 aliphatic heterocycles. The molecule has 38 heavy (non-hydrogen) atoms. The van der Waals surface area contributed by atoms with E-state index in [4.69, 9.17) is 14.2 Å². The fourth-order valence-corrected chi connectivity index (χ4v) is 9.26. The molecule has 0 amide bonds. The molecule has 9 heteroatoms. The Hall–Kier alpha value is -1.33. The SMILES string of the molecule is C[C@]12CC[C@H](O[C@@H]3O[C@H](CO)[C@@H](O)[C@H](O)[C@H]3O)CC1=CC[C@@H]1[C@@H]2CC[C@]2(C)[C@@H](C3=CC(=O)OC3)CC[C@]12O. The molecule has 0 aromatic rings. The molecule has 0 radical (unpaired) electrons. The second-order valence-electron chi connectivity index (χ2n) is 13.1. The molecule has 4 fully saturated rings. The first-order valence-corrected chi connectivity index (χ1v) is 14.3. The highest BCUT2D eigenvalue weighted by atomic mass is 16.7. The lowest BCUT2D eigenvalue weighted by Crippen LogP contribution is -2.61. The lowest BCUT2D eigenvalue weighted by Gasteiger charge is -2.61. The summed E-state index contributed by atoms with van der Waals surface area (Å²) in [4.78, 5) is 11.8. The van der Waals surface area contributed by atoms with Crippen molar-refractivity contribution in [2.75, 3.05) is 13.2 Å². The van der Waals surface area contributed by atoms with Crippen molar-refractivity contribution in [3.8, 4) is 0 Å². The predicted molar refractivity (Wildman–Crippen MR) is 134 cm³/mol. The summed E-state index contributed by atoms with van der Waals surface area (Å²) in [6, 6.07) is 0. The summed E-state index contributed by atoms with van der Waals surface area (Å²) in [6.45, 7) is 4.41. The van der Waals surface area contributed by atoms with Crippen LogP contribution in [0.3, 0.4) is 0 Å². The molecule has 1 saturated heterocycles. The Kier molecular flexibility index (Phi) is 6.62. The predicted octanol–water partition coefficient (Wildman–Crippen LogP) is 1.35. The van der Waals surface area contributed by atoms with Crippen LogP contribution in [0.4, 0.5) is 0 Å². The number of aliphatic hydroxyl groups is 5. The van der Waals surface area contributed by atoms with Crippen molar-refractivity contribution < 1.29 is 44.5 Å². The van der Waals surface area contributed by atoms with Gasteiger partial charge in [-0.05, 0) is 80.1 Å². The van der Waals surface area contributed by atoms with Gasteiger partial charge in [0.15, 0.2) is 6.29 Å². The van der Waals surface area contributed by atoms with Crippen molar-refractivity contribution >= 4 is 5.97 Å². The van der Waals surface area contributed by atoms with Crippen LogP contribution in [0.2, 0.25) is 0 Å². The topological polar surface area (TPSA) is 146 Å². The summed E-state index contributed by atoms with van der Waals surface area (Å²) in [5, 5.41) is 52.5. The van der Waals surface area contributed by atoms with E-state index in [2.05, 4.69) is 19.9 Å². The van der Waals surface area contributed by atoms with Crippen molar-refractivity contribution in [3.05, 3.63) is 23.3 Å². The molecule has 3 saturated carbocycles. The number of fused-ring (bicyclic) bond motifs is 5. The van der Waals surface area contributed by atoms with E-state index in [0.29, 0.717) is 18.9 Å². The molecule has 0 spiro atoms. The van der Waals surface area contributed by atoms with Crippen LogP contribution in [0.5, 0.6) is 0 Å². The van der Waals surface area contributed by atoms with Crippen LogP contribution in [0.25, 0.3) is 0 Å². The molecular formula is C29H42O9. The largest absolute Gasteiger partial charge is 0.458 e. The number of allylic oxidation sites excluding steroid dienone is 1. The van der Waals surface area contributed by atoms with Gasteiger partial charge in [0.2, 0.25) is 0 Å². The number of ether oxygens (including phenoxy) is 3. The molecule has 0 bridgehead atoms. The Balaban J connectivity index is 1.19. The van der Waals surface area contributed by atoms with E-state index in [1.165, 1.54) is 5.57 Å². The minimum atomic E-state index is -1.45. The third-order valence-corrected chi connectivity index (χ3v) is 11.6. The number of rotatable bonds is 4. The number of carbonyl (C=O) groups excluding carboxylic acids is 1. The van der Waals surface area contributed by atoms with E-state index in [1.807, 2.05) is 0 Å². The minimum absolute atomic E-state index is 0.0565. The number of esters is 1. The maximum absolute atomic E-state index is 12.3. The van der Waals surface area contributed by atoms with Gasteiger partial charge in [0.05, 0.1) is 18.3 Å². The summed E-state index contributed by atoms with van der Waals surface area (Å²) in [5.41, 5.74) is 1.23. The fraction of sp³-hybridized carbons (Fsp3) is 0.828. The summed E-state index contributed by atoms with van der Waals surface area (Å²) < 4.78 is 16.9. The number of hydrogen-bond acceptors (Lipinski definition) is 9. The van der Waals surface area contributed by atoms with Gasteiger partial charge in [-0.3, -0.25) is 0 Å². The highest BCUT2D eigenvalue weighted by molar-refractivity contribution is 5.85. The van der Waals surface area contributed by atoms with Crippen molar-refractivity contribution in [3.63, 3.8) is 0 Å². The Morgan fingerprint density at radius 3 is 2.53 bits per heavy atom. The molecule has 212 valence electrons. The quantitative estimate of drug-likeness (QED) is 0.266. The second-order valence-corrected chi connectivity index (χ2v) is 13.1. The first-order chi connectivity index (χ1) is 18.0. The Morgan fingerprint density at radius 2 is 1.82 bits per heavy atom. The Morgan fingerprint density at radius 1 is 1.03 bits per heavy atom. The number of aliphatic hydroxyl groups excluding tert-OH is 4. The third-order valence-electron chi connectivity index (χ3n) is 11.6. The molecule has 0 aromatic carbocycles. The molecular weight excluding hydrogens is 492 g/mol. The molecule has 12 atom stereocenters. The smallest absolute Gasteiger partial charge is 0.331 e. The van der Waals surface area contributed by atoms with Crippen LogP contribution in [0.15, 0.2) is 23.3 Å². The van der Waals surface area contributed by atoms with Gasteiger partial charge in [-0.2, -0.15) is 0 Å². The molecule has 2 heterocycles. The van der Waals surface area contributed by atoms with Crippen molar-refractivity contribution in [1.82, 2.24) is 0 Å². The van der Waals surface area contributed by atoms with Gasteiger partial charge in [-0.15, -0.1) is 0 Å². The minimum Gasteiger partial charge on any atom is -0.458 e. The van der Waals surface area contributed by atoms with Gasteiger partial charge in [-0.1, -0.05) is 25.5 Å². The van der Waals surface area contributed by atoms with Crippen molar-refractivity contribution in [1.29, 1.82) is 0 Å². The molecule has 9 nitrogen and oxygen atoms in total. The van der Waals surface area contributed by atoms with Crippen molar-refractivity contribution in [2.24, 2.45) is 28.6 Å². The van der Waals surface area contributed by atoms with Gasteiger partial charge in [-0.25, -0.2) is 4.79 Å². The standard InChI is InChI=1S/C29H42O9/c1-27-8-5-17(37-26-25(34)24(33)23(32)21(13-30)38-26)12-16(27)3-4-20-19(27)6-9-28(2)18(7-10-29(20,28)35)15-11-22(31)36-14-15/h3,11,17-21,23-26,30,32-35H,4-10,12-14H2,1-2H3/t17-,18+,19-,20+,21+,23+,24-,25+,26+,27-,28+,29-/m0/s1. The van der Waals surface area contributed by atoms with Crippen molar-refractivity contribution in [2.45, 2.75) is 108 Å². The first kappa shape index (κ1) is 26.9. The van der Waals surface area contributed by atoms with Gasteiger partial charge >= 0.3 is 5.97 Å². The van der Waals surface area contributed by atoms with Gasteiger partial charge in [0.1, 0.15) is 31.0 Å². The van der Waals surface area contributed by atoms with Crippen LogP contribution in [-0.2, 0) is 19.0 Å². The Bertz CT molecular complexity index is 1020. The maximum Gasteiger partial charge on any atom is 0.331 e. The summed E-state index contributed by atoms with van der Waals surface area (Å²) in [7, 11) is 0. The average Bonchev–Trinajstić information content (AvgIpc) is 3.44. The van der Waals surface area contributed by atoms with Crippen LogP contribution >= 0.6 is 0 Å². The number of carbonyl (C=O) groups is 1. The van der Waals surface area contributed by atoms with E-state index < -0.39 is 42.9 Å². The van der Waals surface area contributed by atoms with Crippen LogP contribution in [0.1, 0.15) is 65.2 Å². The number of cyclic esters (lactones) is 1. The summed E-state index contributed by atoms with van der Waals surface area (Å²) in [5.74, 6) is 0.401. The molecule has 6 aliphatic rings. The van der Waals surface area contributed by atoms with Crippen LogP contribution in [0, 0.1) is 28.6 Å². The van der Waals surface area contributed by atoms with Crippen LogP contribution in [-0.4, -0.2) is 87.1 Å². The molecule has 5 N–H and O–H groups in total. The first-order valence-electron chi connectivity index (χ1n) is 14.3. The van der Waals surface area contributed by atoms with E-state index in [0.717, 1.165) is 50.5 Å². The molecule has 6 rings (SSSR count). The van der Waals surface area contributed by atoms with Gasteiger partial charge < -0.3 is 39.7 Å². The van der Waals surface area contributed by atoms with Crippen LogP contribution < -0.4 is 0 Å². The number of hydrogen-bond donors (Lipinski definition) is 5. The molecule has 0 unspecified atom stereocenters. The Labute approximate surface area is 223 Å². The molecule has 4 aliphatic carbocycles. The van der Waals surface area contributed by atoms with Gasteiger partial charge in [0.25, 0.3) is 0 Å². The third kappa shape index (κ3) is 3.80. The molecule has 0 aromatic heterocycles. The van der Waals surface area contributed by atoms with Gasteiger partial charge in [0, 0.05) is 11.5 Å². The van der Waals surface area contributed by atoms with E-state index in [9.17, 15) is 30.3 Å². The van der Waals surface area contributed by atoms with E-state index in [-0.39, 0.29) is 34.7 Å². The average molecular weight is 535 g/mol. The second kappa shape index (κ2) is 9.36. The maximum atomic E-state index is 12.3. The summed E-state index contributed by atoms with van der Waals surface area (Å²) in [6.07, 6.45) is 4.01. The van der Waals surface area contributed by atoms with E-state index >= 15 is 0 Å². The van der Waals surface area contributed by atoms with E-state index in [1.54, 1.807) is 6.08 Å². The zero-order chi connectivity index (χ0) is 27.0. The highest BCUT2D eigenvalue weighted by Crippen LogP contribution is 2.69. The fourth-order valence-electron chi connectivity index (χ4n) is 9.26. The normalized spacial score (nSPS) is 52.4.